The first-order valence-electron chi connectivity index (χ1n) is 10.3. The number of ketones is 1. The number of amides is 1. The van der Waals surface area contributed by atoms with Gasteiger partial charge in [-0.05, 0) is 51.0 Å². The van der Waals surface area contributed by atoms with E-state index in [0.717, 1.165) is 10.4 Å². The smallest absolute Gasteiger partial charge is 0.344 e. The normalized spacial score (nSPS) is 10.3. The first-order valence-corrected chi connectivity index (χ1v) is 11.1. The van der Waals surface area contributed by atoms with Crippen molar-refractivity contribution in [2.24, 2.45) is 0 Å². The first-order chi connectivity index (χ1) is 15.7. The molecule has 0 spiro atoms. The average Bonchev–Trinajstić information content (AvgIpc) is 3.10. The van der Waals surface area contributed by atoms with Crippen molar-refractivity contribution in [3.8, 4) is 11.5 Å². The minimum absolute atomic E-state index is 0.136. The topological polar surface area (TPSA) is 117 Å². The molecule has 0 atom stereocenters. The summed E-state index contributed by atoms with van der Waals surface area (Å²) in [5.74, 6) is -1.47. The maximum Gasteiger partial charge on any atom is 0.344 e. The highest BCUT2D eigenvalue weighted by Gasteiger charge is 2.23. The highest BCUT2D eigenvalue weighted by molar-refractivity contribution is 7.16. The highest BCUT2D eigenvalue weighted by atomic mass is 32.1. The molecule has 0 saturated heterocycles. The van der Waals surface area contributed by atoms with E-state index in [1.165, 1.54) is 37.5 Å². The number of benzene rings is 1. The summed E-state index contributed by atoms with van der Waals surface area (Å²) in [5.41, 5.74) is 1.57. The maximum atomic E-state index is 12.3. The van der Waals surface area contributed by atoms with Crippen LogP contribution in [-0.2, 0) is 25.5 Å². The minimum atomic E-state index is -0.773. The summed E-state index contributed by atoms with van der Waals surface area (Å²) in [5, 5.41) is 2.98. The van der Waals surface area contributed by atoms with Gasteiger partial charge in [0, 0.05) is 10.4 Å². The summed E-state index contributed by atoms with van der Waals surface area (Å²) in [6.07, 6.45) is 0.607. The third kappa shape index (κ3) is 6.79. The zero-order valence-corrected chi connectivity index (χ0v) is 20.1. The van der Waals surface area contributed by atoms with Gasteiger partial charge in [-0.15, -0.1) is 11.3 Å². The minimum Gasteiger partial charge on any atom is -0.493 e. The molecule has 1 heterocycles. The Hall–Kier alpha value is -3.40. The van der Waals surface area contributed by atoms with Crippen LogP contribution < -0.4 is 14.8 Å². The van der Waals surface area contributed by atoms with Crippen molar-refractivity contribution in [1.82, 2.24) is 0 Å². The van der Waals surface area contributed by atoms with E-state index in [1.54, 1.807) is 13.0 Å². The van der Waals surface area contributed by atoms with Crippen molar-refractivity contribution in [3.05, 3.63) is 39.8 Å². The monoisotopic (exact) mass is 477 g/mol. The van der Waals surface area contributed by atoms with Gasteiger partial charge in [-0.2, -0.15) is 0 Å². The van der Waals surface area contributed by atoms with Crippen molar-refractivity contribution < 1.29 is 38.1 Å². The van der Waals surface area contributed by atoms with Crippen LogP contribution >= 0.6 is 11.3 Å². The Labute approximate surface area is 196 Å². The summed E-state index contributed by atoms with van der Waals surface area (Å²) in [7, 11) is 1.41. The maximum absolute atomic E-state index is 12.3. The van der Waals surface area contributed by atoms with Crippen LogP contribution in [0.1, 0.15) is 51.9 Å². The van der Waals surface area contributed by atoms with Gasteiger partial charge in [-0.25, -0.2) is 9.59 Å². The number of hydrogen-bond donors (Lipinski definition) is 1. The van der Waals surface area contributed by atoms with Crippen molar-refractivity contribution in [2.45, 2.75) is 34.1 Å². The zero-order chi connectivity index (χ0) is 24.5. The fourth-order valence-electron chi connectivity index (χ4n) is 3.00. The lowest BCUT2D eigenvalue weighted by atomic mass is 10.1. The average molecular weight is 478 g/mol. The third-order valence-corrected chi connectivity index (χ3v) is 5.64. The zero-order valence-electron chi connectivity index (χ0n) is 19.2. The molecular formula is C23H27NO8S. The lowest BCUT2D eigenvalue weighted by molar-refractivity contribution is -0.149. The van der Waals surface area contributed by atoms with Gasteiger partial charge in [0.2, 0.25) is 0 Å². The number of hydrogen-bond acceptors (Lipinski definition) is 9. The van der Waals surface area contributed by atoms with Gasteiger partial charge in [0.05, 0.1) is 19.3 Å². The number of carbonyl (C=O) groups excluding carboxylic acids is 4. The third-order valence-electron chi connectivity index (χ3n) is 4.57. The molecular weight excluding hydrogens is 450 g/mol. The van der Waals surface area contributed by atoms with Crippen LogP contribution in [-0.4, -0.2) is 50.6 Å². The number of thiophene rings is 1. The van der Waals surface area contributed by atoms with Gasteiger partial charge in [0.25, 0.3) is 5.91 Å². The van der Waals surface area contributed by atoms with Crippen LogP contribution in [0.25, 0.3) is 0 Å². The molecule has 2 rings (SSSR count). The van der Waals surface area contributed by atoms with Crippen LogP contribution in [0, 0.1) is 6.92 Å². The van der Waals surface area contributed by atoms with E-state index < -0.39 is 31.1 Å². The van der Waals surface area contributed by atoms with Gasteiger partial charge in [0.1, 0.15) is 5.00 Å². The summed E-state index contributed by atoms with van der Waals surface area (Å²) >= 11 is 1.26. The Morgan fingerprint density at radius 3 is 2.36 bits per heavy atom. The standard InChI is InChI=1S/C23H27NO8S/c1-6-16-14(4)33-22(21(16)23(28)30-7-2)24-19(26)11-32-20(27)12-31-17-9-8-15(13(3)25)10-18(17)29-5/h8-10H,6-7,11-12H2,1-5H3,(H,24,26). The number of esters is 2. The summed E-state index contributed by atoms with van der Waals surface area (Å²) in [4.78, 5) is 49.0. The molecule has 0 radical (unpaired) electrons. The number of aryl methyl sites for hydroxylation is 1. The lowest BCUT2D eigenvalue weighted by Gasteiger charge is -2.11. The molecule has 10 heteroatoms. The fourth-order valence-corrected chi connectivity index (χ4v) is 4.15. The van der Waals surface area contributed by atoms with Crippen molar-refractivity contribution in [3.63, 3.8) is 0 Å². The van der Waals surface area contributed by atoms with E-state index in [0.29, 0.717) is 28.3 Å². The highest BCUT2D eigenvalue weighted by Crippen LogP contribution is 2.34. The Morgan fingerprint density at radius 1 is 1.03 bits per heavy atom. The van der Waals surface area contributed by atoms with Gasteiger partial charge >= 0.3 is 11.9 Å². The van der Waals surface area contributed by atoms with E-state index in [1.807, 2.05) is 13.8 Å². The predicted octanol–water partition coefficient (Wildman–Crippen LogP) is 3.57. The second-order valence-electron chi connectivity index (χ2n) is 6.83. The molecule has 1 amide bonds. The molecule has 33 heavy (non-hydrogen) atoms. The number of nitrogens with one attached hydrogen (secondary N) is 1. The molecule has 1 aromatic heterocycles. The number of anilines is 1. The Kier molecular flexibility index (Phi) is 9.41. The molecule has 0 saturated carbocycles. The Balaban J connectivity index is 1.95. The quantitative estimate of drug-likeness (QED) is 0.386. The van der Waals surface area contributed by atoms with E-state index in [-0.39, 0.29) is 18.1 Å². The summed E-state index contributed by atoms with van der Waals surface area (Å²) < 4.78 is 20.6. The molecule has 178 valence electrons. The fraction of sp³-hybridized carbons (Fsp3) is 0.391. The SMILES string of the molecule is CCOC(=O)c1c(NC(=O)COC(=O)COc2ccc(C(C)=O)cc2OC)sc(C)c1CC. The van der Waals surface area contributed by atoms with Crippen LogP contribution in [0.5, 0.6) is 11.5 Å². The second-order valence-corrected chi connectivity index (χ2v) is 8.06. The number of ether oxygens (including phenoxy) is 4. The van der Waals surface area contributed by atoms with Gasteiger partial charge in [-0.3, -0.25) is 9.59 Å². The number of methoxy groups -OCH3 is 1. The van der Waals surface area contributed by atoms with Gasteiger partial charge in [0.15, 0.2) is 30.5 Å². The molecule has 0 unspecified atom stereocenters. The van der Waals surface area contributed by atoms with E-state index in [2.05, 4.69) is 5.32 Å². The van der Waals surface area contributed by atoms with E-state index in [4.69, 9.17) is 18.9 Å². The lowest BCUT2D eigenvalue weighted by Crippen LogP contribution is -2.24. The first kappa shape index (κ1) is 25.9. The predicted molar refractivity (Wildman–Crippen MR) is 122 cm³/mol. The number of rotatable bonds is 11. The molecule has 0 aliphatic rings. The Bertz CT molecular complexity index is 1040. The van der Waals surface area contributed by atoms with Crippen molar-refractivity contribution in [1.29, 1.82) is 0 Å². The molecule has 1 aromatic carbocycles. The summed E-state index contributed by atoms with van der Waals surface area (Å²) in [6.45, 7) is 6.09. The number of carbonyl (C=O) groups is 4. The van der Waals surface area contributed by atoms with E-state index in [9.17, 15) is 19.2 Å². The van der Waals surface area contributed by atoms with Crippen LogP contribution in [0.15, 0.2) is 18.2 Å². The van der Waals surface area contributed by atoms with E-state index >= 15 is 0 Å². The molecule has 0 aliphatic heterocycles. The number of Topliss-reactive ketones (excluding diaryl/α,β-unsaturated/α-hetero) is 1. The van der Waals surface area contributed by atoms with Gasteiger partial charge in [-0.1, -0.05) is 6.92 Å². The van der Waals surface area contributed by atoms with Crippen molar-refractivity contribution >= 4 is 40.0 Å². The van der Waals surface area contributed by atoms with Crippen LogP contribution in [0.4, 0.5) is 5.00 Å². The summed E-state index contributed by atoms with van der Waals surface area (Å²) in [6, 6.07) is 4.57. The van der Waals surface area contributed by atoms with Gasteiger partial charge < -0.3 is 24.3 Å². The van der Waals surface area contributed by atoms with Crippen LogP contribution in [0.3, 0.4) is 0 Å². The Morgan fingerprint density at radius 2 is 1.76 bits per heavy atom. The molecule has 9 nitrogen and oxygen atoms in total. The second kappa shape index (κ2) is 12.0. The largest absolute Gasteiger partial charge is 0.493 e. The molecule has 2 aromatic rings. The van der Waals surface area contributed by atoms with Crippen LogP contribution in [0.2, 0.25) is 0 Å². The molecule has 0 bridgehead atoms. The van der Waals surface area contributed by atoms with Crippen molar-refractivity contribution in [2.75, 3.05) is 32.2 Å². The molecule has 1 N–H and O–H groups in total. The molecule has 0 fully saturated rings. The molecule has 0 aliphatic carbocycles.